The van der Waals surface area contributed by atoms with E-state index in [1.807, 2.05) is 0 Å². The van der Waals surface area contributed by atoms with Gasteiger partial charge in [0.25, 0.3) is 0 Å². The molecule has 0 saturated carbocycles. The van der Waals surface area contributed by atoms with Crippen LogP contribution < -0.4 is 17.2 Å². The largest absolute Gasteiger partial charge is 0.462 e. The maximum atomic E-state index is 11.3. The molecule has 1 unspecified atom stereocenters. The number of carbonyl (C=O) groups excluding carboxylic acids is 1. The van der Waals surface area contributed by atoms with E-state index in [0.29, 0.717) is 19.4 Å². The van der Waals surface area contributed by atoms with Crippen molar-refractivity contribution in [1.82, 2.24) is 0 Å². The summed E-state index contributed by atoms with van der Waals surface area (Å²) in [5.74, 6) is -0.630. The first-order chi connectivity index (χ1) is 7.97. The molecule has 0 saturated heterocycles. The molecule has 108 valence electrons. The molecule has 18 heavy (non-hydrogen) atoms. The lowest BCUT2D eigenvalue weighted by Crippen LogP contribution is -2.35. The van der Waals surface area contributed by atoms with Gasteiger partial charge in [0.1, 0.15) is 18.8 Å². The van der Waals surface area contributed by atoms with Gasteiger partial charge in [0, 0.05) is 6.54 Å². The zero-order valence-electron chi connectivity index (χ0n) is 9.99. The van der Waals surface area contributed by atoms with E-state index in [-0.39, 0.29) is 25.0 Å². The van der Waals surface area contributed by atoms with Crippen molar-refractivity contribution in [1.29, 1.82) is 0 Å². The highest BCUT2D eigenvalue weighted by molar-refractivity contribution is 5.85. The summed E-state index contributed by atoms with van der Waals surface area (Å²) in [5.41, 5.74) is 15.8. The second kappa shape index (κ2) is 11.0. The number of nitrogens with zero attached hydrogens (tertiary/aromatic N) is 1. The van der Waals surface area contributed by atoms with Crippen molar-refractivity contribution in [3.8, 4) is 0 Å². The van der Waals surface area contributed by atoms with E-state index in [4.69, 9.17) is 27.4 Å². The fourth-order valence-electron chi connectivity index (χ4n) is 0.975. The molecule has 0 aromatic rings. The van der Waals surface area contributed by atoms with E-state index >= 15 is 0 Å². The number of aliphatic hydroxyl groups is 2. The predicted molar refractivity (Wildman–Crippen MR) is 69.2 cm³/mol. The number of guanidine groups is 1. The first kappa shape index (κ1) is 19.3. The van der Waals surface area contributed by atoms with Crippen LogP contribution in [-0.4, -0.2) is 54.0 Å². The standard InChI is InChI=1S/C9H20N4O4.ClH/c10-7(2-1-3-13-9(11)12)8(16)17-5-6(15)4-14;/h6-7,14-15H,1-5,10H2,(H4,11,12,13);1H/t6?,7-;/m0./s1. The van der Waals surface area contributed by atoms with E-state index < -0.39 is 24.7 Å². The second-order valence-electron chi connectivity index (χ2n) is 3.52. The molecule has 0 spiro atoms. The van der Waals surface area contributed by atoms with Crippen LogP contribution in [0.15, 0.2) is 4.99 Å². The number of esters is 1. The number of aliphatic hydroxyl groups excluding tert-OH is 2. The van der Waals surface area contributed by atoms with Crippen molar-refractivity contribution in [3.63, 3.8) is 0 Å². The first-order valence-corrected chi connectivity index (χ1v) is 5.24. The molecule has 0 radical (unpaired) electrons. The van der Waals surface area contributed by atoms with Crippen LogP contribution in [0.1, 0.15) is 12.8 Å². The lowest BCUT2D eigenvalue weighted by molar-refractivity contribution is -0.149. The summed E-state index contributed by atoms with van der Waals surface area (Å²) in [5, 5.41) is 17.5. The van der Waals surface area contributed by atoms with Gasteiger partial charge >= 0.3 is 5.97 Å². The highest BCUT2D eigenvalue weighted by atomic mass is 35.5. The van der Waals surface area contributed by atoms with Crippen molar-refractivity contribution in [2.24, 2.45) is 22.2 Å². The zero-order valence-corrected chi connectivity index (χ0v) is 10.8. The average molecular weight is 285 g/mol. The minimum atomic E-state index is -1.08. The molecular weight excluding hydrogens is 264 g/mol. The number of nitrogens with two attached hydrogens (primary N) is 3. The maximum Gasteiger partial charge on any atom is 0.323 e. The van der Waals surface area contributed by atoms with Crippen LogP contribution in [-0.2, 0) is 9.53 Å². The van der Waals surface area contributed by atoms with E-state index in [2.05, 4.69) is 9.73 Å². The molecule has 9 heteroatoms. The summed E-state index contributed by atoms with van der Waals surface area (Å²) >= 11 is 0. The van der Waals surface area contributed by atoms with E-state index in [9.17, 15) is 4.79 Å². The predicted octanol–water partition coefficient (Wildman–Crippen LogP) is -2.31. The summed E-state index contributed by atoms with van der Waals surface area (Å²) in [6, 6.07) is -0.782. The van der Waals surface area contributed by atoms with Crippen LogP contribution in [0.5, 0.6) is 0 Å². The Bertz CT molecular complexity index is 261. The Morgan fingerprint density at radius 2 is 2.00 bits per heavy atom. The molecule has 0 fully saturated rings. The number of carbonyl (C=O) groups is 1. The lowest BCUT2D eigenvalue weighted by atomic mass is 10.2. The second-order valence-corrected chi connectivity index (χ2v) is 3.52. The molecule has 0 aliphatic heterocycles. The van der Waals surface area contributed by atoms with Crippen molar-refractivity contribution in [3.05, 3.63) is 0 Å². The highest BCUT2D eigenvalue weighted by Gasteiger charge is 2.15. The Balaban J connectivity index is 0. The Morgan fingerprint density at radius 1 is 1.39 bits per heavy atom. The molecule has 0 aliphatic rings. The van der Waals surface area contributed by atoms with E-state index in [1.165, 1.54) is 0 Å². The van der Waals surface area contributed by atoms with E-state index in [0.717, 1.165) is 0 Å². The van der Waals surface area contributed by atoms with Gasteiger partial charge in [-0.05, 0) is 12.8 Å². The Hall–Kier alpha value is -1.09. The lowest BCUT2D eigenvalue weighted by Gasteiger charge is -2.12. The number of halogens is 1. The molecule has 0 rings (SSSR count). The number of hydrogen-bond acceptors (Lipinski definition) is 6. The molecular formula is C9H21ClN4O4. The maximum absolute atomic E-state index is 11.3. The summed E-state index contributed by atoms with van der Waals surface area (Å²) < 4.78 is 4.68. The van der Waals surface area contributed by atoms with Crippen LogP contribution in [0.3, 0.4) is 0 Å². The fraction of sp³-hybridized carbons (Fsp3) is 0.778. The SMILES string of the molecule is Cl.NC(N)=NCCC[C@H](N)C(=O)OCC(O)CO. The normalized spacial score (nSPS) is 13.1. The quantitative estimate of drug-likeness (QED) is 0.145. The van der Waals surface area contributed by atoms with Crippen molar-refractivity contribution >= 4 is 24.3 Å². The molecule has 0 aliphatic carbocycles. The van der Waals surface area contributed by atoms with Gasteiger partial charge in [0.2, 0.25) is 0 Å². The average Bonchev–Trinajstić information content (AvgIpc) is 2.30. The molecule has 0 heterocycles. The van der Waals surface area contributed by atoms with Gasteiger partial charge < -0.3 is 32.2 Å². The third-order valence-electron chi connectivity index (χ3n) is 1.90. The summed E-state index contributed by atoms with van der Waals surface area (Å²) in [4.78, 5) is 15.0. The molecule has 0 aromatic heterocycles. The minimum Gasteiger partial charge on any atom is -0.462 e. The fourth-order valence-corrected chi connectivity index (χ4v) is 0.975. The Labute approximate surface area is 112 Å². The highest BCUT2D eigenvalue weighted by Crippen LogP contribution is 1.98. The van der Waals surface area contributed by atoms with Crippen molar-refractivity contribution in [2.75, 3.05) is 19.8 Å². The number of ether oxygens (including phenoxy) is 1. The van der Waals surface area contributed by atoms with Crippen LogP contribution >= 0.6 is 12.4 Å². The van der Waals surface area contributed by atoms with Crippen LogP contribution in [0, 0.1) is 0 Å². The molecule has 8 N–H and O–H groups in total. The summed E-state index contributed by atoms with van der Waals surface area (Å²) in [6.45, 7) is -0.341. The number of rotatable bonds is 8. The monoisotopic (exact) mass is 284 g/mol. The molecule has 8 nitrogen and oxygen atoms in total. The Kier molecular flexibility index (Phi) is 11.8. The molecule has 0 amide bonds. The van der Waals surface area contributed by atoms with Crippen LogP contribution in [0.25, 0.3) is 0 Å². The van der Waals surface area contributed by atoms with Gasteiger partial charge in [0.05, 0.1) is 6.61 Å². The molecule has 0 bridgehead atoms. The topological polar surface area (TPSA) is 157 Å². The van der Waals surface area contributed by atoms with E-state index in [1.54, 1.807) is 0 Å². The number of aliphatic imine (C=N–C) groups is 1. The molecule has 0 aromatic carbocycles. The zero-order chi connectivity index (χ0) is 13.3. The van der Waals surface area contributed by atoms with Gasteiger partial charge in [-0.25, -0.2) is 0 Å². The third kappa shape index (κ3) is 10.1. The summed E-state index contributed by atoms with van der Waals surface area (Å²) in [7, 11) is 0. The Morgan fingerprint density at radius 3 is 2.50 bits per heavy atom. The first-order valence-electron chi connectivity index (χ1n) is 5.24. The van der Waals surface area contributed by atoms with Gasteiger partial charge in [-0.1, -0.05) is 0 Å². The van der Waals surface area contributed by atoms with Crippen LogP contribution in [0.4, 0.5) is 0 Å². The minimum absolute atomic E-state index is 0. The van der Waals surface area contributed by atoms with Gasteiger partial charge in [-0.3, -0.25) is 9.79 Å². The number of hydrogen-bond donors (Lipinski definition) is 5. The van der Waals surface area contributed by atoms with Gasteiger partial charge in [0.15, 0.2) is 5.96 Å². The van der Waals surface area contributed by atoms with Gasteiger partial charge in [-0.15, -0.1) is 12.4 Å². The van der Waals surface area contributed by atoms with Crippen molar-refractivity contribution < 1.29 is 19.7 Å². The van der Waals surface area contributed by atoms with Gasteiger partial charge in [-0.2, -0.15) is 0 Å². The van der Waals surface area contributed by atoms with Crippen molar-refractivity contribution in [2.45, 2.75) is 25.0 Å². The molecule has 2 atom stereocenters. The third-order valence-corrected chi connectivity index (χ3v) is 1.90. The van der Waals surface area contributed by atoms with Crippen LogP contribution in [0.2, 0.25) is 0 Å². The summed E-state index contributed by atoms with van der Waals surface area (Å²) in [6.07, 6.45) is -0.144. The smallest absolute Gasteiger partial charge is 0.323 e.